The Bertz CT molecular complexity index is 499. The Labute approximate surface area is 122 Å². The van der Waals surface area contributed by atoms with Crippen molar-refractivity contribution in [2.24, 2.45) is 0 Å². The molecule has 0 unspecified atom stereocenters. The lowest BCUT2D eigenvalue weighted by Crippen LogP contribution is -1.89. The molecule has 0 aliphatic heterocycles. The highest BCUT2D eigenvalue weighted by molar-refractivity contribution is 5.85. The van der Waals surface area contributed by atoms with Crippen molar-refractivity contribution in [1.29, 1.82) is 0 Å². The summed E-state index contributed by atoms with van der Waals surface area (Å²) in [5, 5.41) is 11.5. The summed E-state index contributed by atoms with van der Waals surface area (Å²) in [4.78, 5) is 0. The first-order chi connectivity index (χ1) is 9.92. The van der Waals surface area contributed by atoms with Crippen LogP contribution in [0, 0.1) is 0 Å². The molecule has 0 heterocycles. The molecular weight excluding hydrogens is 244 g/mol. The fourth-order valence-corrected chi connectivity index (χ4v) is 2.82. The molecule has 0 saturated heterocycles. The lowest BCUT2D eigenvalue weighted by Gasteiger charge is -2.06. The Hall–Kier alpha value is -1.34. The minimum Gasteiger partial charge on any atom is -0.396 e. The van der Waals surface area contributed by atoms with Crippen molar-refractivity contribution in [2.45, 2.75) is 51.4 Å². The molecule has 0 bridgehead atoms. The van der Waals surface area contributed by atoms with Gasteiger partial charge >= 0.3 is 0 Å². The van der Waals surface area contributed by atoms with Crippen LogP contribution >= 0.6 is 0 Å². The zero-order valence-electron chi connectivity index (χ0n) is 12.4. The minimum absolute atomic E-state index is 0.348. The molecule has 0 aliphatic rings. The largest absolute Gasteiger partial charge is 0.396 e. The van der Waals surface area contributed by atoms with E-state index in [9.17, 15) is 0 Å². The van der Waals surface area contributed by atoms with E-state index in [1.807, 2.05) is 0 Å². The van der Waals surface area contributed by atoms with Crippen LogP contribution in [0.5, 0.6) is 0 Å². The van der Waals surface area contributed by atoms with Crippen LogP contribution < -0.4 is 0 Å². The molecule has 108 valence electrons. The van der Waals surface area contributed by atoms with Crippen molar-refractivity contribution in [3.63, 3.8) is 0 Å². The first kappa shape index (κ1) is 15.1. The van der Waals surface area contributed by atoms with Gasteiger partial charge in [-0.3, -0.25) is 0 Å². The molecule has 0 spiro atoms. The van der Waals surface area contributed by atoms with E-state index in [1.165, 1.54) is 61.3 Å². The molecule has 0 atom stereocenters. The summed E-state index contributed by atoms with van der Waals surface area (Å²) >= 11 is 0. The highest BCUT2D eigenvalue weighted by atomic mass is 16.2. The smallest absolute Gasteiger partial charge is 0.0431 e. The molecule has 0 aliphatic carbocycles. The molecule has 0 fully saturated rings. The van der Waals surface area contributed by atoms with Gasteiger partial charge in [0.15, 0.2) is 0 Å². The van der Waals surface area contributed by atoms with E-state index in [1.54, 1.807) is 0 Å². The Balaban J connectivity index is 1.71. The summed E-state index contributed by atoms with van der Waals surface area (Å²) in [6, 6.07) is 15.3. The first-order valence-corrected chi connectivity index (χ1v) is 7.99. The number of aliphatic hydroxyl groups excluding tert-OH is 1. The Kier molecular flexibility index (Phi) is 6.59. The van der Waals surface area contributed by atoms with Gasteiger partial charge in [-0.05, 0) is 35.6 Å². The third-order valence-electron chi connectivity index (χ3n) is 3.98. The summed E-state index contributed by atoms with van der Waals surface area (Å²) in [7, 11) is 0. The molecule has 2 aromatic rings. The van der Waals surface area contributed by atoms with Crippen LogP contribution in [-0.2, 0) is 6.42 Å². The van der Waals surface area contributed by atoms with Gasteiger partial charge in [-0.25, -0.2) is 0 Å². The van der Waals surface area contributed by atoms with Crippen molar-refractivity contribution in [2.75, 3.05) is 6.61 Å². The van der Waals surface area contributed by atoms with E-state index in [0.29, 0.717) is 6.61 Å². The average Bonchev–Trinajstić information content (AvgIpc) is 2.50. The SMILES string of the molecule is OCCCCCCCCCc1cccc2ccccc12. The van der Waals surface area contributed by atoms with Crippen LogP contribution in [0.15, 0.2) is 42.5 Å². The van der Waals surface area contributed by atoms with Gasteiger partial charge < -0.3 is 5.11 Å². The third-order valence-corrected chi connectivity index (χ3v) is 3.98. The zero-order chi connectivity index (χ0) is 14.0. The van der Waals surface area contributed by atoms with Crippen molar-refractivity contribution < 1.29 is 5.11 Å². The molecule has 2 rings (SSSR count). The highest BCUT2D eigenvalue weighted by Crippen LogP contribution is 2.20. The summed E-state index contributed by atoms with van der Waals surface area (Å²) in [5.41, 5.74) is 1.49. The second-order valence-electron chi connectivity index (χ2n) is 5.59. The fraction of sp³-hybridized carbons (Fsp3) is 0.474. The first-order valence-electron chi connectivity index (χ1n) is 7.99. The predicted octanol–water partition coefficient (Wildman–Crippen LogP) is 5.11. The lowest BCUT2D eigenvalue weighted by molar-refractivity contribution is 0.282. The highest BCUT2D eigenvalue weighted by Gasteiger charge is 2.00. The van der Waals surface area contributed by atoms with E-state index in [-0.39, 0.29) is 0 Å². The lowest BCUT2D eigenvalue weighted by atomic mass is 9.99. The number of rotatable bonds is 9. The van der Waals surface area contributed by atoms with E-state index < -0.39 is 0 Å². The molecule has 1 nitrogen and oxygen atoms in total. The molecule has 20 heavy (non-hydrogen) atoms. The number of hydrogen-bond acceptors (Lipinski definition) is 1. The number of fused-ring (bicyclic) bond motifs is 1. The van der Waals surface area contributed by atoms with Gasteiger partial charge in [-0.15, -0.1) is 0 Å². The summed E-state index contributed by atoms with van der Waals surface area (Å²) in [6.07, 6.45) is 9.87. The molecule has 0 saturated carbocycles. The molecule has 0 amide bonds. The number of unbranched alkanes of at least 4 members (excludes halogenated alkanes) is 6. The van der Waals surface area contributed by atoms with Gasteiger partial charge in [0.2, 0.25) is 0 Å². The number of aryl methyl sites for hydroxylation is 1. The van der Waals surface area contributed by atoms with E-state index >= 15 is 0 Å². The maximum atomic E-state index is 8.72. The van der Waals surface area contributed by atoms with Crippen LogP contribution in [0.2, 0.25) is 0 Å². The van der Waals surface area contributed by atoms with Gasteiger partial charge in [0.1, 0.15) is 0 Å². The quantitative estimate of drug-likeness (QED) is 0.628. The second-order valence-corrected chi connectivity index (χ2v) is 5.59. The van der Waals surface area contributed by atoms with Crippen LogP contribution in [0.25, 0.3) is 10.8 Å². The minimum atomic E-state index is 0.348. The molecular formula is C19H26O. The number of benzene rings is 2. The van der Waals surface area contributed by atoms with E-state index in [0.717, 1.165) is 6.42 Å². The Morgan fingerprint density at radius 2 is 1.30 bits per heavy atom. The second kappa shape index (κ2) is 8.76. The molecule has 0 aromatic heterocycles. The topological polar surface area (TPSA) is 20.2 Å². The Morgan fingerprint density at radius 3 is 2.10 bits per heavy atom. The van der Waals surface area contributed by atoms with Crippen molar-refractivity contribution in [3.8, 4) is 0 Å². The van der Waals surface area contributed by atoms with Gasteiger partial charge in [0.05, 0.1) is 0 Å². The molecule has 0 radical (unpaired) electrons. The monoisotopic (exact) mass is 270 g/mol. The van der Waals surface area contributed by atoms with E-state index in [4.69, 9.17) is 5.11 Å². The van der Waals surface area contributed by atoms with Gasteiger partial charge in [0.25, 0.3) is 0 Å². The third kappa shape index (κ3) is 4.64. The van der Waals surface area contributed by atoms with Crippen molar-refractivity contribution >= 4 is 10.8 Å². The average molecular weight is 270 g/mol. The predicted molar refractivity (Wildman–Crippen MR) is 87.1 cm³/mol. The standard InChI is InChI=1S/C19H26O/c20-16-9-5-3-1-2-4-6-11-17-13-10-14-18-12-7-8-15-19(17)18/h7-8,10,12-15,20H,1-6,9,11,16H2. The Morgan fingerprint density at radius 1 is 0.650 bits per heavy atom. The molecule has 1 N–H and O–H groups in total. The zero-order valence-corrected chi connectivity index (χ0v) is 12.4. The van der Waals surface area contributed by atoms with Gasteiger partial charge in [0, 0.05) is 6.61 Å². The summed E-state index contributed by atoms with van der Waals surface area (Å²) in [5.74, 6) is 0. The number of aliphatic hydroxyl groups is 1. The van der Waals surface area contributed by atoms with Crippen LogP contribution in [0.1, 0.15) is 50.5 Å². The molecule has 1 heteroatoms. The van der Waals surface area contributed by atoms with Gasteiger partial charge in [-0.2, -0.15) is 0 Å². The van der Waals surface area contributed by atoms with Crippen LogP contribution in [0.3, 0.4) is 0 Å². The van der Waals surface area contributed by atoms with Crippen LogP contribution in [-0.4, -0.2) is 11.7 Å². The number of hydrogen-bond donors (Lipinski definition) is 1. The summed E-state index contributed by atoms with van der Waals surface area (Å²) < 4.78 is 0. The van der Waals surface area contributed by atoms with Crippen molar-refractivity contribution in [3.05, 3.63) is 48.0 Å². The normalized spacial score (nSPS) is 11.1. The maximum absolute atomic E-state index is 8.72. The maximum Gasteiger partial charge on any atom is 0.0431 e. The van der Waals surface area contributed by atoms with Crippen LogP contribution in [0.4, 0.5) is 0 Å². The van der Waals surface area contributed by atoms with E-state index in [2.05, 4.69) is 42.5 Å². The van der Waals surface area contributed by atoms with Gasteiger partial charge in [-0.1, -0.05) is 74.6 Å². The van der Waals surface area contributed by atoms with Crippen molar-refractivity contribution in [1.82, 2.24) is 0 Å². The summed E-state index contributed by atoms with van der Waals surface area (Å²) in [6.45, 7) is 0.348. The fourth-order valence-electron chi connectivity index (χ4n) is 2.82. The molecule has 2 aromatic carbocycles.